The monoisotopic (exact) mass is 327 g/mol. The van der Waals surface area contributed by atoms with Crippen LogP contribution in [0.1, 0.15) is 6.42 Å². The maximum Gasteiger partial charge on any atom is 0.573 e. The van der Waals surface area contributed by atoms with Crippen molar-refractivity contribution in [2.45, 2.75) is 12.8 Å². The van der Waals surface area contributed by atoms with E-state index in [0.29, 0.717) is 13.0 Å². The van der Waals surface area contributed by atoms with E-state index >= 15 is 0 Å². The second-order valence-electron chi connectivity index (χ2n) is 4.15. The van der Waals surface area contributed by atoms with Gasteiger partial charge in [0.15, 0.2) is 0 Å². The van der Waals surface area contributed by atoms with Gasteiger partial charge in [0.25, 0.3) is 0 Å². The van der Waals surface area contributed by atoms with Crippen LogP contribution in [0.2, 0.25) is 0 Å². The maximum absolute atomic E-state index is 12.1. The van der Waals surface area contributed by atoms with E-state index in [1.165, 1.54) is 19.2 Å². The minimum absolute atomic E-state index is 0.0312. The zero-order valence-electron chi connectivity index (χ0n) is 11.2. The van der Waals surface area contributed by atoms with Crippen molar-refractivity contribution in [2.24, 2.45) is 5.73 Å². The molecule has 0 saturated heterocycles. The molecule has 0 unspecified atom stereocenters. The van der Waals surface area contributed by atoms with Crippen molar-refractivity contribution in [1.82, 2.24) is 4.31 Å². The van der Waals surface area contributed by atoms with Crippen molar-refractivity contribution >= 4 is 15.9 Å². The summed E-state index contributed by atoms with van der Waals surface area (Å²) in [5.74, 6) is -0.507. The molecule has 21 heavy (non-hydrogen) atoms. The number of nitrogens with two attached hydrogens (primary N) is 1. The summed E-state index contributed by atoms with van der Waals surface area (Å²) in [7, 11) is -2.51. The second-order valence-corrected chi connectivity index (χ2v) is 5.92. The van der Waals surface area contributed by atoms with Crippen LogP contribution in [0, 0.1) is 0 Å². The summed E-state index contributed by atoms with van der Waals surface area (Å²) < 4.78 is 67.0. The lowest BCUT2D eigenvalue weighted by molar-refractivity contribution is -0.274. The van der Waals surface area contributed by atoms with Gasteiger partial charge in [-0.2, -0.15) is 12.7 Å². The Hall–Kier alpha value is -1.52. The number of hydrogen-bond donors (Lipinski definition) is 2. The molecule has 0 aliphatic heterocycles. The van der Waals surface area contributed by atoms with Crippen molar-refractivity contribution in [3.8, 4) is 5.75 Å². The number of alkyl halides is 3. The van der Waals surface area contributed by atoms with Gasteiger partial charge in [0.1, 0.15) is 5.75 Å². The third kappa shape index (κ3) is 6.19. The lowest BCUT2D eigenvalue weighted by Crippen LogP contribution is -2.34. The van der Waals surface area contributed by atoms with E-state index in [-0.39, 0.29) is 12.2 Å². The number of rotatable bonds is 7. The standard InChI is InChI=1S/C11H16F3N3O3S/c1-17(7-3-6-15)21(18,19)16-9-4-2-5-10(8-9)20-11(12,13)14/h2,4-5,8,16H,3,6-7,15H2,1H3. The topological polar surface area (TPSA) is 84.7 Å². The third-order valence-electron chi connectivity index (χ3n) is 2.40. The molecule has 1 aromatic rings. The molecule has 1 rings (SSSR count). The van der Waals surface area contributed by atoms with E-state index in [9.17, 15) is 21.6 Å². The molecule has 0 radical (unpaired) electrons. The van der Waals surface area contributed by atoms with E-state index in [1.54, 1.807) is 0 Å². The highest BCUT2D eigenvalue weighted by Crippen LogP contribution is 2.25. The zero-order valence-corrected chi connectivity index (χ0v) is 12.0. The number of nitrogens with zero attached hydrogens (tertiary/aromatic N) is 1. The molecule has 0 atom stereocenters. The lowest BCUT2D eigenvalue weighted by Gasteiger charge is -2.18. The van der Waals surface area contributed by atoms with Crippen LogP contribution in [0.3, 0.4) is 0 Å². The summed E-state index contributed by atoms with van der Waals surface area (Å²) in [4.78, 5) is 0. The number of benzene rings is 1. The summed E-state index contributed by atoms with van der Waals surface area (Å²) in [6.07, 6.45) is -4.37. The zero-order chi connectivity index (χ0) is 16.1. The largest absolute Gasteiger partial charge is 0.573 e. The SMILES string of the molecule is CN(CCCN)S(=O)(=O)Nc1cccc(OC(F)(F)F)c1. The predicted molar refractivity (Wildman–Crippen MR) is 72.0 cm³/mol. The van der Waals surface area contributed by atoms with Crippen LogP contribution in [-0.2, 0) is 10.2 Å². The van der Waals surface area contributed by atoms with Crippen molar-refractivity contribution in [2.75, 3.05) is 24.9 Å². The van der Waals surface area contributed by atoms with Crippen LogP contribution in [0.15, 0.2) is 24.3 Å². The number of ether oxygens (including phenoxy) is 1. The molecule has 0 aromatic heterocycles. The summed E-state index contributed by atoms with van der Waals surface area (Å²) in [6, 6.07) is 4.58. The molecule has 1 aromatic carbocycles. The van der Waals surface area contributed by atoms with Gasteiger partial charge in [0, 0.05) is 19.7 Å². The van der Waals surface area contributed by atoms with Crippen molar-refractivity contribution in [3.05, 3.63) is 24.3 Å². The van der Waals surface area contributed by atoms with Crippen LogP contribution >= 0.6 is 0 Å². The smallest absolute Gasteiger partial charge is 0.406 e. The Morgan fingerprint density at radius 3 is 2.62 bits per heavy atom. The summed E-state index contributed by atoms with van der Waals surface area (Å²) in [6.45, 7) is 0.527. The van der Waals surface area contributed by atoms with Gasteiger partial charge in [-0.1, -0.05) is 6.07 Å². The number of nitrogens with one attached hydrogen (secondary N) is 1. The number of hydrogen-bond acceptors (Lipinski definition) is 4. The first-order chi connectivity index (χ1) is 9.64. The first-order valence-electron chi connectivity index (χ1n) is 5.94. The van der Waals surface area contributed by atoms with Gasteiger partial charge in [-0.15, -0.1) is 13.2 Å². The molecule has 6 nitrogen and oxygen atoms in total. The van der Waals surface area contributed by atoms with Crippen LogP contribution in [0.4, 0.5) is 18.9 Å². The van der Waals surface area contributed by atoms with E-state index in [1.807, 2.05) is 0 Å². The average molecular weight is 327 g/mol. The van der Waals surface area contributed by atoms with Gasteiger partial charge in [0.2, 0.25) is 0 Å². The number of halogens is 3. The van der Waals surface area contributed by atoms with E-state index in [4.69, 9.17) is 5.73 Å². The number of anilines is 1. The quantitative estimate of drug-likeness (QED) is 0.795. The maximum atomic E-state index is 12.1. The summed E-state index contributed by atoms with van der Waals surface area (Å²) in [5, 5.41) is 0. The van der Waals surface area contributed by atoms with Crippen LogP contribution in [0.25, 0.3) is 0 Å². The normalized spacial score (nSPS) is 12.5. The molecular formula is C11H16F3N3O3S. The molecule has 3 N–H and O–H groups in total. The van der Waals surface area contributed by atoms with Crippen molar-refractivity contribution < 1.29 is 26.3 Å². The fraction of sp³-hybridized carbons (Fsp3) is 0.455. The summed E-state index contributed by atoms with van der Waals surface area (Å²) in [5.41, 5.74) is 5.26. The fourth-order valence-electron chi connectivity index (χ4n) is 1.42. The molecule has 0 bridgehead atoms. The van der Waals surface area contributed by atoms with E-state index in [0.717, 1.165) is 16.4 Å². The molecule has 0 amide bonds. The molecule has 0 saturated carbocycles. The van der Waals surface area contributed by atoms with Crippen LogP contribution in [-0.4, -0.2) is 39.2 Å². The predicted octanol–water partition coefficient (Wildman–Crippen LogP) is 1.52. The second kappa shape index (κ2) is 6.96. The molecule has 0 aliphatic rings. The Balaban J connectivity index is 2.80. The molecule has 0 spiro atoms. The molecule has 0 heterocycles. The molecule has 120 valence electrons. The van der Waals surface area contributed by atoms with Crippen molar-refractivity contribution in [3.63, 3.8) is 0 Å². The van der Waals surface area contributed by atoms with Crippen LogP contribution < -0.4 is 15.2 Å². The Kier molecular flexibility index (Phi) is 5.81. The van der Waals surface area contributed by atoms with Gasteiger partial charge >= 0.3 is 16.6 Å². The first-order valence-corrected chi connectivity index (χ1v) is 7.38. The molecule has 10 heteroatoms. The van der Waals surface area contributed by atoms with Gasteiger partial charge in [-0.3, -0.25) is 4.72 Å². The Bertz CT molecular complexity index is 563. The van der Waals surface area contributed by atoms with Crippen LogP contribution in [0.5, 0.6) is 5.75 Å². The molecule has 0 fully saturated rings. The molecule has 0 aliphatic carbocycles. The fourth-order valence-corrected chi connectivity index (χ4v) is 2.37. The minimum atomic E-state index is -4.84. The Labute approximate surface area is 120 Å². The Morgan fingerprint density at radius 1 is 1.38 bits per heavy atom. The third-order valence-corrected chi connectivity index (χ3v) is 3.90. The average Bonchev–Trinajstić information content (AvgIpc) is 2.33. The van der Waals surface area contributed by atoms with Gasteiger partial charge < -0.3 is 10.5 Å². The van der Waals surface area contributed by atoms with E-state index < -0.39 is 22.3 Å². The Morgan fingerprint density at radius 2 is 2.05 bits per heavy atom. The highest BCUT2D eigenvalue weighted by Gasteiger charge is 2.31. The van der Waals surface area contributed by atoms with Gasteiger partial charge in [-0.25, -0.2) is 0 Å². The molecular weight excluding hydrogens is 311 g/mol. The lowest BCUT2D eigenvalue weighted by atomic mass is 10.3. The highest BCUT2D eigenvalue weighted by atomic mass is 32.2. The van der Waals surface area contributed by atoms with Gasteiger partial charge in [-0.05, 0) is 25.1 Å². The van der Waals surface area contributed by atoms with Crippen molar-refractivity contribution in [1.29, 1.82) is 0 Å². The first kappa shape index (κ1) is 17.5. The van der Waals surface area contributed by atoms with Gasteiger partial charge in [0.05, 0.1) is 5.69 Å². The minimum Gasteiger partial charge on any atom is -0.406 e. The summed E-state index contributed by atoms with van der Waals surface area (Å²) >= 11 is 0. The highest BCUT2D eigenvalue weighted by molar-refractivity contribution is 7.90. The van der Waals surface area contributed by atoms with E-state index in [2.05, 4.69) is 9.46 Å².